The molecule has 2 atom stereocenters. The summed E-state index contributed by atoms with van der Waals surface area (Å²) in [6.07, 6.45) is 6.04. The van der Waals surface area contributed by atoms with Crippen LogP contribution in [0.3, 0.4) is 0 Å². The second-order valence-electron chi connectivity index (χ2n) is 7.62. The van der Waals surface area contributed by atoms with Gasteiger partial charge in [-0.2, -0.15) is 0 Å². The molecule has 0 spiro atoms. The van der Waals surface area contributed by atoms with Gasteiger partial charge in [0.05, 0.1) is 24.3 Å². The van der Waals surface area contributed by atoms with Crippen molar-refractivity contribution in [3.8, 4) is 5.75 Å². The number of aryl methyl sites for hydroxylation is 1. The molecule has 0 unspecified atom stereocenters. The lowest BCUT2D eigenvalue weighted by molar-refractivity contribution is 0.101. The average molecular weight is 469 g/mol. The molecule has 3 aromatic heterocycles. The highest BCUT2D eigenvalue weighted by Gasteiger charge is 2.30. The van der Waals surface area contributed by atoms with E-state index in [4.69, 9.17) is 16.1 Å². The first-order valence-corrected chi connectivity index (χ1v) is 10.4. The Morgan fingerprint density at radius 1 is 1.30 bits per heavy atom. The number of hydrogen-bond acceptors (Lipinski definition) is 7. The quantitative estimate of drug-likeness (QED) is 0.444. The van der Waals surface area contributed by atoms with Crippen LogP contribution in [0.1, 0.15) is 46.5 Å². The zero-order chi connectivity index (χ0) is 23.7. The van der Waals surface area contributed by atoms with E-state index >= 15 is 0 Å². The molecule has 10 nitrogen and oxygen atoms in total. The number of aromatic hydroxyl groups is 1. The predicted molar refractivity (Wildman–Crippen MR) is 121 cm³/mol. The fourth-order valence-electron chi connectivity index (χ4n) is 3.77. The van der Waals surface area contributed by atoms with E-state index in [1.807, 2.05) is 42.8 Å². The number of nitrogens with one attached hydrogen (secondary N) is 1. The molecule has 0 fully saturated rings. The summed E-state index contributed by atoms with van der Waals surface area (Å²) in [7, 11) is 1.49. The number of benzene rings is 1. The summed E-state index contributed by atoms with van der Waals surface area (Å²) in [5, 5.41) is 16.9. The first kappa shape index (κ1) is 22.3. The van der Waals surface area contributed by atoms with E-state index in [9.17, 15) is 14.7 Å². The third kappa shape index (κ3) is 4.24. The van der Waals surface area contributed by atoms with Gasteiger partial charge >= 0.3 is 0 Å². The Bertz CT molecular complexity index is 1360. The molecule has 4 aromatic rings. The Kier molecular flexibility index (Phi) is 6.01. The van der Waals surface area contributed by atoms with Crippen LogP contribution >= 0.6 is 11.6 Å². The van der Waals surface area contributed by atoms with Gasteiger partial charge in [0, 0.05) is 24.2 Å². The van der Waals surface area contributed by atoms with Crippen LogP contribution in [0.2, 0.25) is 5.02 Å². The Hall–Kier alpha value is -3.92. The zero-order valence-corrected chi connectivity index (χ0v) is 18.8. The van der Waals surface area contributed by atoms with Gasteiger partial charge in [0.2, 0.25) is 5.75 Å². The maximum Gasteiger partial charge on any atom is 0.296 e. The Balaban J connectivity index is 1.83. The van der Waals surface area contributed by atoms with Gasteiger partial charge < -0.3 is 19.5 Å². The van der Waals surface area contributed by atoms with E-state index in [0.29, 0.717) is 5.02 Å². The van der Waals surface area contributed by atoms with Crippen molar-refractivity contribution in [3.05, 3.63) is 87.4 Å². The SMILES string of the molecule is Cc1cn([C@H](c2ccccc2Cl)[C@H](C)c2nc(C(=O)Nc3cnoc3)c(O)c(=O)n2C)cn1. The third-order valence-corrected chi connectivity index (χ3v) is 5.71. The number of imidazole rings is 1. The predicted octanol–water partition coefficient (Wildman–Crippen LogP) is 3.28. The lowest BCUT2D eigenvalue weighted by Crippen LogP contribution is -2.30. The van der Waals surface area contributed by atoms with Gasteiger partial charge in [0.25, 0.3) is 11.5 Å². The number of hydrogen-bond donors (Lipinski definition) is 2. The van der Waals surface area contributed by atoms with Gasteiger partial charge in [0.1, 0.15) is 17.8 Å². The van der Waals surface area contributed by atoms with Crippen LogP contribution in [0.5, 0.6) is 5.75 Å². The summed E-state index contributed by atoms with van der Waals surface area (Å²) in [6.45, 7) is 3.73. The highest BCUT2D eigenvalue weighted by atomic mass is 35.5. The normalized spacial score (nSPS) is 13.0. The fraction of sp³-hybridized carbons (Fsp3) is 0.227. The van der Waals surface area contributed by atoms with Gasteiger partial charge in [-0.15, -0.1) is 0 Å². The Morgan fingerprint density at radius 3 is 2.70 bits per heavy atom. The maximum atomic E-state index is 12.8. The molecular weight excluding hydrogens is 448 g/mol. The van der Waals surface area contributed by atoms with Crippen molar-refractivity contribution in [2.24, 2.45) is 7.05 Å². The number of rotatable bonds is 6. The van der Waals surface area contributed by atoms with E-state index in [1.54, 1.807) is 12.4 Å². The summed E-state index contributed by atoms with van der Waals surface area (Å²) in [4.78, 5) is 34.3. The van der Waals surface area contributed by atoms with Crippen molar-refractivity contribution in [2.45, 2.75) is 25.8 Å². The van der Waals surface area contributed by atoms with E-state index in [1.165, 1.54) is 24.1 Å². The summed E-state index contributed by atoms with van der Waals surface area (Å²) in [6, 6.07) is 6.97. The summed E-state index contributed by atoms with van der Waals surface area (Å²) >= 11 is 6.52. The molecule has 0 aliphatic rings. The first-order chi connectivity index (χ1) is 15.8. The second kappa shape index (κ2) is 8.91. The van der Waals surface area contributed by atoms with Crippen molar-refractivity contribution in [1.29, 1.82) is 0 Å². The minimum absolute atomic E-state index is 0.263. The van der Waals surface area contributed by atoms with Crippen molar-refractivity contribution in [2.75, 3.05) is 5.32 Å². The summed E-state index contributed by atoms with van der Waals surface area (Å²) in [5.41, 5.74) is 0.713. The van der Waals surface area contributed by atoms with E-state index in [2.05, 4.69) is 20.4 Å². The first-order valence-electron chi connectivity index (χ1n) is 10.0. The number of carbonyl (C=O) groups is 1. The van der Waals surface area contributed by atoms with Crippen LogP contribution in [0, 0.1) is 6.92 Å². The van der Waals surface area contributed by atoms with Gasteiger partial charge in [0.15, 0.2) is 5.69 Å². The van der Waals surface area contributed by atoms with Crippen molar-refractivity contribution >= 4 is 23.2 Å². The molecule has 0 aliphatic heterocycles. The van der Waals surface area contributed by atoms with Crippen LogP contribution in [0.25, 0.3) is 0 Å². The van der Waals surface area contributed by atoms with E-state index < -0.39 is 34.9 Å². The number of halogens is 1. The lowest BCUT2D eigenvalue weighted by Gasteiger charge is -2.27. The molecule has 11 heteroatoms. The second-order valence-corrected chi connectivity index (χ2v) is 8.02. The van der Waals surface area contributed by atoms with E-state index in [-0.39, 0.29) is 11.5 Å². The van der Waals surface area contributed by atoms with Gasteiger partial charge in [-0.1, -0.05) is 41.9 Å². The molecule has 0 radical (unpaired) electrons. The molecule has 0 saturated heterocycles. The molecule has 170 valence electrons. The molecular formula is C22H21ClN6O4. The molecule has 0 saturated carbocycles. The average Bonchev–Trinajstić information content (AvgIpc) is 3.45. The van der Waals surface area contributed by atoms with Gasteiger partial charge in [-0.05, 0) is 18.6 Å². The van der Waals surface area contributed by atoms with Gasteiger partial charge in [-0.3, -0.25) is 14.2 Å². The standard InChI is InChI=1S/C22H21ClN6O4/c1-12-9-29(11-24-12)18(15-6-4-5-7-16(15)23)13(2)20-27-17(19(30)22(32)28(20)3)21(31)26-14-8-25-33-10-14/h4-11,13,18,30H,1-3H3,(H,26,31)/t13-,18-/m0/s1. The van der Waals surface area contributed by atoms with Crippen molar-refractivity contribution < 1.29 is 14.4 Å². The van der Waals surface area contributed by atoms with Crippen molar-refractivity contribution in [3.63, 3.8) is 0 Å². The number of nitrogens with zero attached hydrogens (tertiary/aromatic N) is 5. The van der Waals surface area contributed by atoms with Crippen LogP contribution in [-0.4, -0.2) is 35.3 Å². The van der Waals surface area contributed by atoms with Crippen LogP contribution in [0.4, 0.5) is 5.69 Å². The highest BCUT2D eigenvalue weighted by molar-refractivity contribution is 6.31. The molecule has 33 heavy (non-hydrogen) atoms. The molecule has 4 rings (SSSR count). The minimum atomic E-state index is -0.769. The topological polar surface area (TPSA) is 128 Å². The Labute approximate surface area is 193 Å². The highest BCUT2D eigenvalue weighted by Crippen LogP contribution is 2.37. The monoisotopic (exact) mass is 468 g/mol. The number of aromatic nitrogens is 5. The number of carbonyl (C=O) groups excluding carboxylic acids is 1. The number of amides is 1. The maximum absolute atomic E-state index is 12.8. The van der Waals surface area contributed by atoms with Crippen molar-refractivity contribution in [1.82, 2.24) is 24.3 Å². The molecule has 2 N–H and O–H groups in total. The number of anilines is 1. The lowest BCUT2D eigenvalue weighted by atomic mass is 9.93. The zero-order valence-electron chi connectivity index (χ0n) is 18.1. The molecule has 3 heterocycles. The molecule has 0 bridgehead atoms. The van der Waals surface area contributed by atoms with Crippen LogP contribution < -0.4 is 10.9 Å². The van der Waals surface area contributed by atoms with E-state index in [0.717, 1.165) is 11.3 Å². The third-order valence-electron chi connectivity index (χ3n) is 5.36. The summed E-state index contributed by atoms with van der Waals surface area (Å²) in [5.74, 6) is -1.69. The minimum Gasteiger partial charge on any atom is -0.501 e. The largest absolute Gasteiger partial charge is 0.501 e. The Morgan fingerprint density at radius 2 is 2.06 bits per heavy atom. The summed E-state index contributed by atoms with van der Waals surface area (Å²) < 4.78 is 7.81. The molecule has 1 amide bonds. The smallest absolute Gasteiger partial charge is 0.296 e. The van der Waals surface area contributed by atoms with Gasteiger partial charge in [-0.25, -0.2) is 9.97 Å². The van der Waals surface area contributed by atoms with Crippen LogP contribution in [0.15, 0.2) is 58.6 Å². The molecule has 1 aromatic carbocycles. The van der Waals surface area contributed by atoms with Crippen LogP contribution in [-0.2, 0) is 7.05 Å². The molecule has 0 aliphatic carbocycles. The fourth-order valence-corrected chi connectivity index (χ4v) is 4.01.